The topological polar surface area (TPSA) is 92.4 Å². The van der Waals surface area contributed by atoms with Crippen LogP contribution in [0.1, 0.15) is 11.1 Å². The SMILES string of the molecule is C=CCc1cccc(/C=N\NC(=O)CSc2nnc(-c3ccc(Cl)cc3)n2-c2ccc(Cl)cc2)c1O. The van der Waals surface area contributed by atoms with Crippen molar-refractivity contribution < 1.29 is 9.90 Å². The number of hydrogen-bond acceptors (Lipinski definition) is 6. The van der Waals surface area contributed by atoms with Crippen molar-refractivity contribution in [3.8, 4) is 22.8 Å². The molecule has 1 heterocycles. The average molecular weight is 538 g/mol. The molecule has 0 fully saturated rings. The summed E-state index contributed by atoms with van der Waals surface area (Å²) in [5, 5.41) is 24.7. The normalized spacial score (nSPS) is 11.1. The van der Waals surface area contributed by atoms with E-state index in [1.165, 1.54) is 18.0 Å². The lowest BCUT2D eigenvalue weighted by atomic mass is 10.1. The van der Waals surface area contributed by atoms with Crippen LogP contribution in [0.4, 0.5) is 0 Å². The van der Waals surface area contributed by atoms with Gasteiger partial charge in [0.1, 0.15) is 5.75 Å². The first-order valence-electron chi connectivity index (χ1n) is 10.8. The van der Waals surface area contributed by atoms with E-state index < -0.39 is 0 Å². The predicted octanol–water partition coefficient (Wildman–Crippen LogP) is 5.92. The lowest BCUT2D eigenvalue weighted by Crippen LogP contribution is -2.20. The molecule has 1 aromatic heterocycles. The summed E-state index contributed by atoms with van der Waals surface area (Å²) in [6, 6.07) is 19.8. The van der Waals surface area contributed by atoms with Crippen LogP contribution < -0.4 is 5.43 Å². The van der Waals surface area contributed by atoms with Gasteiger partial charge in [0.25, 0.3) is 5.91 Å². The Morgan fingerprint density at radius 1 is 1.06 bits per heavy atom. The number of phenols is 1. The quantitative estimate of drug-likeness (QED) is 0.120. The fraction of sp³-hybridized carbons (Fsp3) is 0.0769. The number of thioether (sulfide) groups is 1. The average Bonchev–Trinajstić information content (AvgIpc) is 3.30. The van der Waals surface area contributed by atoms with Crippen molar-refractivity contribution in [3.05, 3.63) is 101 Å². The number of aromatic nitrogens is 3. The summed E-state index contributed by atoms with van der Waals surface area (Å²) in [5.41, 5.74) is 5.33. The first-order valence-corrected chi connectivity index (χ1v) is 12.5. The molecule has 1 amide bonds. The molecule has 0 saturated carbocycles. The van der Waals surface area contributed by atoms with Gasteiger partial charge in [-0.2, -0.15) is 5.10 Å². The molecule has 7 nitrogen and oxygen atoms in total. The fourth-order valence-electron chi connectivity index (χ4n) is 3.34. The van der Waals surface area contributed by atoms with E-state index in [-0.39, 0.29) is 17.4 Å². The Kier molecular flexibility index (Phi) is 8.43. The highest BCUT2D eigenvalue weighted by Crippen LogP contribution is 2.29. The Hall–Kier alpha value is -3.59. The third-order valence-electron chi connectivity index (χ3n) is 5.06. The summed E-state index contributed by atoms with van der Waals surface area (Å²) in [6.07, 6.45) is 3.64. The maximum atomic E-state index is 12.5. The van der Waals surface area contributed by atoms with Crippen molar-refractivity contribution in [2.75, 3.05) is 5.75 Å². The molecule has 0 spiro atoms. The van der Waals surface area contributed by atoms with E-state index in [0.717, 1.165) is 16.8 Å². The molecule has 0 unspecified atom stereocenters. The first-order chi connectivity index (χ1) is 17.5. The number of carbonyl (C=O) groups excluding carboxylic acids is 1. The Balaban J connectivity index is 1.49. The molecule has 10 heteroatoms. The number of hydrazone groups is 1. The van der Waals surface area contributed by atoms with E-state index in [0.29, 0.717) is 33.0 Å². The number of benzene rings is 3. The molecule has 0 aliphatic rings. The molecule has 4 aromatic rings. The van der Waals surface area contributed by atoms with Crippen molar-refractivity contribution in [3.63, 3.8) is 0 Å². The van der Waals surface area contributed by atoms with Gasteiger partial charge in [-0.15, -0.1) is 16.8 Å². The Morgan fingerprint density at radius 3 is 2.44 bits per heavy atom. The number of amides is 1. The fourth-order valence-corrected chi connectivity index (χ4v) is 4.34. The van der Waals surface area contributed by atoms with Crippen LogP contribution in [0.2, 0.25) is 10.0 Å². The summed E-state index contributed by atoms with van der Waals surface area (Å²) in [7, 11) is 0. The van der Waals surface area contributed by atoms with Gasteiger partial charge in [-0.1, -0.05) is 53.2 Å². The van der Waals surface area contributed by atoms with Crippen LogP contribution in [0.5, 0.6) is 5.75 Å². The number of nitrogens with zero attached hydrogens (tertiary/aromatic N) is 4. The van der Waals surface area contributed by atoms with Crippen LogP contribution in [-0.4, -0.2) is 37.7 Å². The van der Waals surface area contributed by atoms with E-state index in [1.54, 1.807) is 48.5 Å². The largest absolute Gasteiger partial charge is 0.507 e. The van der Waals surface area contributed by atoms with Crippen LogP contribution in [-0.2, 0) is 11.2 Å². The number of allylic oxidation sites excluding steroid dienone is 1. The van der Waals surface area contributed by atoms with Crippen LogP contribution in [0, 0.1) is 0 Å². The number of aromatic hydroxyl groups is 1. The lowest BCUT2D eigenvalue weighted by Gasteiger charge is -2.10. The molecule has 4 rings (SSSR count). The van der Waals surface area contributed by atoms with Gasteiger partial charge >= 0.3 is 0 Å². The number of nitrogens with one attached hydrogen (secondary N) is 1. The highest BCUT2D eigenvalue weighted by Gasteiger charge is 2.17. The molecule has 36 heavy (non-hydrogen) atoms. The smallest absolute Gasteiger partial charge is 0.250 e. The predicted molar refractivity (Wildman–Crippen MR) is 145 cm³/mol. The monoisotopic (exact) mass is 537 g/mol. The minimum absolute atomic E-state index is 0.0478. The molecule has 0 radical (unpaired) electrons. The van der Waals surface area contributed by atoms with Gasteiger partial charge < -0.3 is 5.11 Å². The summed E-state index contributed by atoms with van der Waals surface area (Å²) < 4.78 is 1.85. The number of phenolic OH excluding ortho intramolecular Hbond substituents is 1. The van der Waals surface area contributed by atoms with Gasteiger partial charge in [0.05, 0.1) is 12.0 Å². The molecule has 0 saturated heterocycles. The standard InChI is InChI=1S/C26H21Cl2N5O2S/c1-2-4-17-5-3-6-19(24(17)35)15-29-30-23(34)16-36-26-32-31-25(18-7-9-20(27)10-8-18)33(26)22-13-11-21(28)12-14-22/h2-3,5-15,35H,1,4,16H2,(H,30,34)/b29-15-. The number of halogens is 2. The van der Waals surface area contributed by atoms with Gasteiger partial charge in [-0.25, -0.2) is 5.43 Å². The lowest BCUT2D eigenvalue weighted by molar-refractivity contribution is -0.118. The van der Waals surface area contributed by atoms with E-state index in [9.17, 15) is 9.90 Å². The molecule has 0 atom stereocenters. The van der Waals surface area contributed by atoms with E-state index in [4.69, 9.17) is 23.2 Å². The second kappa shape index (κ2) is 11.9. The summed E-state index contributed by atoms with van der Waals surface area (Å²) in [6.45, 7) is 3.68. The second-order valence-corrected chi connectivity index (χ2v) is 9.37. The summed E-state index contributed by atoms with van der Waals surface area (Å²) in [5.74, 6) is 0.420. The van der Waals surface area contributed by atoms with E-state index >= 15 is 0 Å². The third-order valence-corrected chi connectivity index (χ3v) is 6.49. The van der Waals surface area contributed by atoms with Crippen LogP contribution >= 0.6 is 35.0 Å². The van der Waals surface area contributed by atoms with Gasteiger partial charge in [0.2, 0.25) is 0 Å². The second-order valence-electron chi connectivity index (χ2n) is 7.55. The minimum atomic E-state index is -0.336. The van der Waals surface area contributed by atoms with E-state index in [2.05, 4.69) is 27.3 Å². The number of hydrogen-bond donors (Lipinski definition) is 2. The number of para-hydroxylation sites is 1. The zero-order chi connectivity index (χ0) is 25.5. The zero-order valence-electron chi connectivity index (χ0n) is 18.9. The van der Waals surface area contributed by atoms with Gasteiger partial charge in [0, 0.05) is 26.9 Å². The summed E-state index contributed by atoms with van der Waals surface area (Å²) in [4.78, 5) is 12.5. The first kappa shape index (κ1) is 25.5. The molecular weight excluding hydrogens is 517 g/mol. The van der Waals surface area contributed by atoms with Crippen LogP contribution in [0.3, 0.4) is 0 Å². The minimum Gasteiger partial charge on any atom is -0.507 e. The Bertz CT molecular complexity index is 1400. The zero-order valence-corrected chi connectivity index (χ0v) is 21.3. The molecule has 0 aliphatic heterocycles. The highest BCUT2D eigenvalue weighted by molar-refractivity contribution is 7.99. The number of rotatable bonds is 9. The molecule has 3 aromatic carbocycles. The molecular formula is C26H21Cl2N5O2S. The van der Waals surface area contributed by atoms with Crippen molar-refractivity contribution in [2.24, 2.45) is 5.10 Å². The Morgan fingerprint density at radius 2 is 1.75 bits per heavy atom. The van der Waals surface area contributed by atoms with E-state index in [1.807, 2.05) is 28.8 Å². The van der Waals surface area contributed by atoms with Crippen molar-refractivity contribution in [2.45, 2.75) is 11.6 Å². The maximum absolute atomic E-state index is 12.5. The molecule has 182 valence electrons. The van der Waals surface area contributed by atoms with Gasteiger partial charge in [0.15, 0.2) is 11.0 Å². The molecule has 0 aliphatic carbocycles. The third kappa shape index (κ3) is 6.15. The van der Waals surface area contributed by atoms with Gasteiger partial charge in [-0.3, -0.25) is 9.36 Å². The maximum Gasteiger partial charge on any atom is 0.250 e. The van der Waals surface area contributed by atoms with Crippen molar-refractivity contribution in [1.29, 1.82) is 0 Å². The van der Waals surface area contributed by atoms with Crippen molar-refractivity contribution in [1.82, 2.24) is 20.2 Å². The molecule has 0 bridgehead atoms. The highest BCUT2D eigenvalue weighted by atomic mass is 35.5. The van der Waals surface area contributed by atoms with Gasteiger partial charge in [-0.05, 0) is 66.6 Å². The number of carbonyl (C=O) groups is 1. The molecule has 2 N–H and O–H groups in total. The van der Waals surface area contributed by atoms with Crippen molar-refractivity contribution >= 4 is 47.1 Å². The Labute approximate surface area is 222 Å². The van der Waals surface area contributed by atoms with Crippen LogP contribution in [0.15, 0.2) is 89.6 Å². The van der Waals surface area contributed by atoms with Crippen LogP contribution in [0.25, 0.3) is 17.1 Å². The summed E-state index contributed by atoms with van der Waals surface area (Å²) >= 11 is 13.3.